The maximum atomic E-state index is 12.2. The van der Waals surface area contributed by atoms with Crippen molar-refractivity contribution in [3.05, 3.63) is 30.3 Å². The van der Waals surface area contributed by atoms with Crippen LogP contribution in [-0.2, 0) is 4.79 Å². The molecule has 0 radical (unpaired) electrons. The largest absolute Gasteiger partial charge is 0.325 e. The van der Waals surface area contributed by atoms with Crippen LogP contribution in [0.5, 0.6) is 0 Å². The Balaban J connectivity index is 1.68. The minimum atomic E-state index is -0.334. The van der Waals surface area contributed by atoms with E-state index in [9.17, 15) is 9.59 Å². The van der Waals surface area contributed by atoms with Crippen molar-refractivity contribution >= 4 is 17.6 Å². The molecule has 22 heavy (non-hydrogen) atoms. The summed E-state index contributed by atoms with van der Waals surface area (Å²) in [6.45, 7) is 1.49. The molecule has 0 aliphatic carbocycles. The lowest BCUT2D eigenvalue weighted by atomic mass is 9.91. The van der Waals surface area contributed by atoms with Gasteiger partial charge >= 0.3 is 6.03 Å². The Kier molecular flexibility index (Phi) is 6.21. The van der Waals surface area contributed by atoms with Crippen molar-refractivity contribution in [2.45, 2.75) is 32.1 Å². The van der Waals surface area contributed by atoms with Gasteiger partial charge in [-0.1, -0.05) is 18.2 Å². The Bertz CT molecular complexity index is 485. The zero-order valence-electron chi connectivity index (χ0n) is 12.6. The fourth-order valence-electron chi connectivity index (χ4n) is 2.76. The third-order valence-corrected chi connectivity index (χ3v) is 4.07. The Labute approximate surface area is 130 Å². The summed E-state index contributed by atoms with van der Waals surface area (Å²) in [5, 5.41) is 11.3. The van der Waals surface area contributed by atoms with Crippen molar-refractivity contribution < 1.29 is 14.8 Å². The standard InChI is InChI=1S/C16H23N3O3/c20-15(18-22)8-4-5-13-9-11-19(12-10-13)16(21)17-14-6-2-1-3-7-14/h1-3,6-7,13,22H,4-5,8-12H2,(H,17,21)(H,18,20). The van der Waals surface area contributed by atoms with Gasteiger partial charge in [0, 0.05) is 25.2 Å². The van der Waals surface area contributed by atoms with E-state index in [2.05, 4.69) is 5.32 Å². The molecule has 3 amide bonds. The number of carbonyl (C=O) groups excluding carboxylic acids is 2. The number of amides is 3. The average molecular weight is 305 g/mol. The Morgan fingerprint density at radius 2 is 1.86 bits per heavy atom. The molecule has 0 atom stereocenters. The molecular weight excluding hydrogens is 282 g/mol. The van der Waals surface area contributed by atoms with Gasteiger partial charge in [-0.15, -0.1) is 0 Å². The van der Waals surface area contributed by atoms with E-state index in [1.54, 1.807) is 5.48 Å². The van der Waals surface area contributed by atoms with E-state index in [1.165, 1.54) is 0 Å². The second-order valence-electron chi connectivity index (χ2n) is 5.65. The average Bonchev–Trinajstić information content (AvgIpc) is 2.56. The van der Waals surface area contributed by atoms with E-state index in [1.807, 2.05) is 35.2 Å². The minimum Gasteiger partial charge on any atom is -0.325 e. The monoisotopic (exact) mass is 305 g/mol. The lowest BCUT2D eigenvalue weighted by Gasteiger charge is -2.32. The van der Waals surface area contributed by atoms with Crippen molar-refractivity contribution in [2.75, 3.05) is 18.4 Å². The molecule has 1 aromatic carbocycles. The summed E-state index contributed by atoms with van der Waals surface area (Å²) in [5.41, 5.74) is 2.46. The van der Waals surface area contributed by atoms with Gasteiger partial charge in [-0.05, 0) is 43.7 Å². The number of benzene rings is 1. The molecule has 1 saturated heterocycles. The Morgan fingerprint density at radius 1 is 1.18 bits per heavy atom. The van der Waals surface area contributed by atoms with Crippen molar-refractivity contribution in [1.29, 1.82) is 0 Å². The number of nitrogens with zero attached hydrogens (tertiary/aromatic N) is 1. The van der Waals surface area contributed by atoms with Crippen molar-refractivity contribution in [3.63, 3.8) is 0 Å². The highest BCUT2D eigenvalue weighted by Gasteiger charge is 2.22. The van der Waals surface area contributed by atoms with Crippen LogP contribution in [0.2, 0.25) is 0 Å². The predicted molar refractivity (Wildman–Crippen MR) is 83.5 cm³/mol. The molecule has 0 bridgehead atoms. The molecule has 1 aromatic rings. The molecule has 1 aliphatic heterocycles. The van der Waals surface area contributed by atoms with Gasteiger partial charge in [0.1, 0.15) is 0 Å². The summed E-state index contributed by atoms with van der Waals surface area (Å²) in [6, 6.07) is 9.39. The number of rotatable bonds is 5. The topological polar surface area (TPSA) is 81.7 Å². The fourth-order valence-corrected chi connectivity index (χ4v) is 2.76. The number of carbonyl (C=O) groups is 2. The molecule has 2 rings (SSSR count). The van der Waals surface area contributed by atoms with E-state index in [0.717, 1.165) is 44.5 Å². The van der Waals surface area contributed by atoms with Gasteiger partial charge < -0.3 is 10.2 Å². The van der Waals surface area contributed by atoms with Crippen LogP contribution in [0, 0.1) is 5.92 Å². The number of hydroxylamine groups is 1. The van der Waals surface area contributed by atoms with Crippen molar-refractivity contribution in [2.24, 2.45) is 5.92 Å². The van der Waals surface area contributed by atoms with Gasteiger partial charge in [0.25, 0.3) is 0 Å². The third-order valence-electron chi connectivity index (χ3n) is 4.07. The first-order valence-corrected chi connectivity index (χ1v) is 7.73. The van der Waals surface area contributed by atoms with Gasteiger partial charge in [0.15, 0.2) is 0 Å². The molecule has 3 N–H and O–H groups in total. The summed E-state index contributed by atoms with van der Waals surface area (Å²) in [4.78, 5) is 24.9. The smallest absolute Gasteiger partial charge is 0.321 e. The number of piperidine rings is 1. The van der Waals surface area contributed by atoms with Crippen LogP contribution < -0.4 is 10.8 Å². The van der Waals surface area contributed by atoms with Crippen LogP contribution in [0.3, 0.4) is 0 Å². The molecule has 0 saturated carbocycles. The van der Waals surface area contributed by atoms with Crippen LogP contribution in [0.1, 0.15) is 32.1 Å². The second kappa shape index (κ2) is 8.38. The fraction of sp³-hybridized carbons (Fsp3) is 0.500. The maximum absolute atomic E-state index is 12.2. The van der Waals surface area contributed by atoms with E-state index >= 15 is 0 Å². The number of likely N-dealkylation sites (tertiary alicyclic amines) is 1. The molecule has 6 nitrogen and oxygen atoms in total. The molecule has 1 aliphatic rings. The first-order chi connectivity index (χ1) is 10.7. The quantitative estimate of drug-likeness (QED) is 0.577. The van der Waals surface area contributed by atoms with Crippen LogP contribution in [-0.4, -0.2) is 35.1 Å². The summed E-state index contributed by atoms with van der Waals surface area (Å²) < 4.78 is 0. The molecule has 1 fully saturated rings. The maximum Gasteiger partial charge on any atom is 0.321 e. The lowest BCUT2D eigenvalue weighted by molar-refractivity contribution is -0.129. The summed E-state index contributed by atoms with van der Waals surface area (Å²) in [7, 11) is 0. The number of nitrogens with one attached hydrogen (secondary N) is 2. The molecule has 1 heterocycles. The van der Waals surface area contributed by atoms with E-state index in [-0.39, 0.29) is 11.9 Å². The zero-order chi connectivity index (χ0) is 15.8. The number of para-hydroxylation sites is 1. The number of anilines is 1. The van der Waals surface area contributed by atoms with Gasteiger partial charge in [0.05, 0.1) is 0 Å². The summed E-state index contributed by atoms with van der Waals surface area (Å²) in [5.74, 6) is 0.215. The number of urea groups is 1. The Morgan fingerprint density at radius 3 is 2.50 bits per heavy atom. The van der Waals surface area contributed by atoms with Gasteiger partial charge in [-0.2, -0.15) is 0 Å². The van der Waals surface area contributed by atoms with Crippen molar-refractivity contribution in [1.82, 2.24) is 10.4 Å². The molecular formula is C16H23N3O3. The van der Waals surface area contributed by atoms with Gasteiger partial charge in [-0.3, -0.25) is 10.0 Å². The molecule has 120 valence electrons. The molecule has 6 heteroatoms. The highest BCUT2D eigenvalue weighted by molar-refractivity contribution is 5.89. The lowest BCUT2D eigenvalue weighted by Crippen LogP contribution is -2.41. The van der Waals surface area contributed by atoms with Crippen LogP contribution >= 0.6 is 0 Å². The van der Waals surface area contributed by atoms with Gasteiger partial charge in [0.2, 0.25) is 5.91 Å². The number of hydrogen-bond donors (Lipinski definition) is 3. The highest BCUT2D eigenvalue weighted by atomic mass is 16.5. The van der Waals surface area contributed by atoms with Crippen LogP contribution in [0.4, 0.5) is 10.5 Å². The summed E-state index contributed by atoms with van der Waals surface area (Å²) >= 11 is 0. The van der Waals surface area contributed by atoms with Gasteiger partial charge in [-0.25, -0.2) is 10.3 Å². The third kappa shape index (κ3) is 5.04. The zero-order valence-corrected chi connectivity index (χ0v) is 12.6. The molecule has 0 unspecified atom stereocenters. The minimum absolute atomic E-state index is 0.0516. The molecule has 0 aromatic heterocycles. The first-order valence-electron chi connectivity index (χ1n) is 7.73. The van der Waals surface area contributed by atoms with E-state index in [0.29, 0.717) is 12.3 Å². The molecule has 0 spiro atoms. The van der Waals surface area contributed by atoms with Crippen LogP contribution in [0.15, 0.2) is 30.3 Å². The van der Waals surface area contributed by atoms with E-state index < -0.39 is 0 Å². The first kappa shape index (κ1) is 16.3. The van der Waals surface area contributed by atoms with Crippen molar-refractivity contribution in [3.8, 4) is 0 Å². The normalized spacial score (nSPS) is 15.4. The predicted octanol–water partition coefficient (Wildman–Crippen LogP) is 2.61. The Hall–Kier alpha value is -2.08. The SMILES string of the molecule is O=C(CCCC1CCN(C(=O)Nc2ccccc2)CC1)NO. The number of hydrogen-bond acceptors (Lipinski definition) is 3. The highest BCUT2D eigenvalue weighted by Crippen LogP contribution is 2.23. The van der Waals surface area contributed by atoms with Crippen LogP contribution in [0.25, 0.3) is 0 Å². The second-order valence-corrected chi connectivity index (χ2v) is 5.65. The summed E-state index contributed by atoms with van der Waals surface area (Å²) in [6.07, 6.45) is 4.01. The van der Waals surface area contributed by atoms with E-state index in [4.69, 9.17) is 5.21 Å².